The molecule has 1 unspecified atom stereocenters. The lowest BCUT2D eigenvalue weighted by Gasteiger charge is -2.31. The van der Waals surface area contributed by atoms with E-state index in [1.165, 1.54) is 0 Å². The number of nitrogens with one attached hydrogen (secondary N) is 1. The van der Waals surface area contributed by atoms with Crippen molar-refractivity contribution in [1.82, 2.24) is 10.2 Å². The monoisotopic (exact) mass is 380 g/mol. The number of amides is 2. The van der Waals surface area contributed by atoms with Gasteiger partial charge in [0.25, 0.3) is 5.91 Å². The van der Waals surface area contributed by atoms with Gasteiger partial charge in [-0.3, -0.25) is 14.4 Å². The predicted molar refractivity (Wildman–Crippen MR) is 105 cm³/mol. The van der Waals surface area contributed by atoms with E-state index in [1.54, 1.807) is 29.2 Å². The molecule has 0 spiro atoms. The smallest absolute Gasteiger partial charge is 0.306 e. The fourth-order valence-corrected chi connectivity index (χ4v) is 3.45. The van der Waals surface area contributed by atoms with Crippen molar-refractivity contribution in [3.05, 3.63) is 71.8 Å². The van der Waals surface area contributed by atoms with E-state index in [0.717, 1.165) is 5.56 Å². The Labute approximate surface area is 164 Å². The second-order valence-electron chi connectivity index (χ2n) is 7.00. The number of carboxylic acids is 1. The molecule has 0 aromatic heterocycles. The van der Waals surface area contributed by atoms with Gasteiger partial charge < -0.3 is 15.3 Å². The first-order chi connectivity index (χ1) is 13.5. The molecule has 6 nitrogen and oxygen atoms in total. The molecule has 0 radical (unpaired) electrons. The van der Waals surface area contributed by atoms with Gasteiger partial charge in [-0.15, -0.1) is 0 Å². The van der Waals surface area contributed by atoms with E-state index >= 15 is 0 Å². The summed E-state index contributed by atoms with van der Waals surface area (Å²) < 4.78 is 0. The second-order valence-corrected chi connectivity index (χ2v) is 7.00. The van der Waals surface area contributed by atoms with E-state index in [1.807, 2.05) is 36.4 Å². The molecule has 2 amide bonds. The molecule has 1 heterocycles. The number of piperidine rings is 1. The minimum absolute atomic E-state index is 0.0777. The van der Waals surface area contributed by atoms with Crippen LogP contribution in [-0.2, 0) is 9.59 Å². The number of hydrogen-bond acceptors (Lipinski definition) is 3. The molecule has 0 saturated carbocycles. The number of benzene rings is 2. The van der Waals surface area contributed by atoms with E-state index in [-0.39, 0.29) is 24.2 Å². The Morgan fingerprint density at radius 3 is 2.11 bits per heavy atom. The van der Waals surface area contributed by atoms with Crippen LogP contribution in [0.4, 0.5) is 0 Å². The standard InChI is InChI=1S/C22H24N2O4/c25-20(24-13-11-18(12-14-24)22(27)28)15-19(16-7-3-1-4-8-16)23-21(26)17-9-5-2-6-10-17/h1-10,18-19H,11-15H2,(H,23,26)(H,27,28). The highest BCUT2D eigenvalue weighted by molar-refractivity contribution is 5.94. The summed E-state index contributed by atoms with van der Waals surface area (Å²) in [6, 6.07) is 17.9. The Balaban J connectivity index is 1.69. The van der Waals surface area contributed by atoms with E-state index in [9.17, 15) is 14.4 Å². The molecule has 6 heteroatoms. The van der Waals surface area contributed by atoms with Gasteiger partial charge in [-0.1, -0.05) is 48.5 Å². The van der Waals surface area contributed by atoms with Crippen LogP contribution in [0.2, 0.25) is 0 Å². The third kappa shape index (κ3) is 4.97. The fourth-order valence-electron chi connectivity index (χ4n) is 3.45. The normalized spacial score (nSPS) is 15.6. The molecule has 28 heavy (non-hydrogen) atoms. The lowest BCUT2D eigenvalue weighted by atomic mass is 9.96. The molecular weight excluding hydrogens is 356 g/mol. The zero-order chi connectivity index (χ0) is 19.9. The third-order valence-corrected chi connectivity index (χ3v) is 5.12. The molecule has 1 atom stereocenters. The Hall–Kier alpha value is -3.15. The van der Waals surface area contributed by atoms with E-state index in [2.05, 4.69) is 5.32 Å². The molecule has 1 saturated heterocycles. The van der Waals surface area contributed by atoms with Gasteiger partial charge in [0.15, 0.2) is 0 Å². The number of carbonyl (C=O) groups is 3. The molecule has 3 rings (SSSR count). The fraction of sp³-hybridized carbons (Fsp3) is 0.318. The minimum atomic E-state index is -0.801. The van der Waals surface area contributed by atoms with Gasteiger partial charge in [0, 0.05) is 18.7 Å². The van der Waals surface area contributed by atoms with Gasteiger partial charge in [-0.2, -0.15) is 0 Å². The van der Waals surface area contributed by atoms with Crippen LogP contribution < -0.4 is 5.32 Å². The summed E-state index contributed by atoms with van der Waals surface area (Å²) in [7, 11) is 0. The summed E-state index contributed by atoms with van der Waals surface area (Å²) >= 11 is 0. The van der Waals surface area contributed by atoms with Crippen molar-refractivity contribution in [2.24, 2.45) is 5.92 Å². The van der Waals surface area contributed by atoms with Gasteiger partial charge in [0.05, 0.1) is 18.4 Å². The van der Waals surface area contributed by atoms with Crippen molar-refractivity contribution in [1.29, 1.82) is 0 Å². The number of likely N-dealkylation sites (tertiary alicyclic amines) is 1. The van der Waals surface area contributed by atoms with E-state index < -0.39 is 12.0 Å². The number of nitrogens with zero attached hydrogens (tertiary/aromatic N) is 1. The Morgan fingerprint density at radius 1 is 0.964 bits per heavy atom. The second kappa shape index (κ2) is 9.17. The number of rotatable bonds is 6. The molecule has 1 aliphatic rings. The summed E-state index contributed by atoms with van der Waals surface area (Å²) in [6.07, 6.45) is 1.07. The first-order valence-corrected chi connectivity index (χ1v) is 9.46. The van der Waals surface area contributed by atoms with Gasteiger partial charge in [-0.05, 0) is 30.5 Å². The van der Waals surface area contributed by atoms with Crippen LogP contribution in [-0.4, -0.2) is 40.9 Å². The zero-order valence-electron chi connectivity index (χ0n) is 15.6. The van der Waals surface area contributed by atoms with Crippen LogP contribution in [0.15, 0.2) is 60.7 Å². The van der Waals surface area contributed by atoms with E-state index in [0.29, 0.717) is 31.5 Å². The number of hydrogen-bond donors (Lipinski definition) is 2. The Kier molecular flexibility index (Phi) is 6.42. The number of carbonyl (C=O) groups excluding carboxylic acids is 2. The Bertz CT molecular complexity index is 815. The zero-order valence-corrected chi connectivity index (χ0v) is 15.6. The minimum Gasteiger partial charge on any atom is -0.481 e. The molecule has 0 aliphatic carbocycles. The molecule has 2 N–H and O–H groups in total. The summed E-state index contributed by atoms with van der Waals surface area (Å²) in [4.78, 5) is 38.2. The van der Waals surface area contributed by atoms with Crippen molar-refractivity contribution in [3.63, 3.8) is 0 Å². The van der Waals surface area contributed by atoms with Crippen molar-refractivity contribution in [2.75, 3.05) is 13.1 Å². The van der Waals surface area contributed by atoms with Gasteiger partial charge in [0.2, 0.25) is 5.91 Å². The van der Waals surface area contributed by atoms with Crippen LogP contribution in [0.1, 0.15) is 41.2 Å². The third-order valence-electron chi connectivity index (χ3n) is 5.12. The first-order valence-electron chi connectivity index (χ1n) is 9.46. The summed E-state index contributed by atoms with van der Waals surface area (Å²) in [5, 5.41) is 12.1. The molecule has 146 valence electrons. The first kappa shape index (κ1) is 19.6. The molecule has 2 aromatic carbocycles. The molecule has 1 fully saturated rings. The average molecular weight is 380 g/mol. The van der Waals surface area contributed by atoms with Gasteiger partial charge in [-0.25, -0.2) is 0 Å². The maximum Gasteiger partial charge on any atom is 0.306 e. The molecule has 0 bridgehead atoms. The van der Waals surface area contributed by atoms with E-state index in [4.69, 9.17) is 5.11 Å². The lowest BCUT2D eigenvalue weighted by Crippen LogP contribution is -2.42. The molecule has 2 aromatic rings. The quantitative estimate of drug-likeness (QED) is 0.807. The van der Waals surface area contributed by atoms with Crippen molar-refractivity contribution in [3.8, 4) is 0 Å². The van der Waals surface area contributed by atoms with Crippen LogP contribution >= 0.6 is 0 Å². The topological polar surface area (TPSA) is 86.7 Å². The van der Waals surface area contributed by atoms with Crippen LogP contribution in [0.5, 0.6) is 0 Å². The van der Waals surface area contributed by atoms with Gasteiger partial charge in [0.1, 0.15) is 0 Å². The van der Waals surface area contributed by atoms with Crippen LogP contribution in [0.25, 0.3) is 0 Å². The Morgan fingerprint density at radius 2 is 1.54 bits per heavy atom. The predicted octanol–water partition coefficient (Wildman–Crippen LogP) is 2.87. The average Bonchev–Trinajstić information content (AvgIpc) is 2.74. The summed E-state index contributed by atoms with van der Waals surface area (Å²) in [6.45, 7) is 0.869. The largest absolute Gasteiger partial charge is 0.481 e. The van der Waals surface area contributed by atoms with Crippen molar-refractivity contribution < 1.29 is 19.5 Å². The van der Waals surface area contributed by atoms with Gasteiger partial charge >= 0.3 is 5.97 Å². The lowest BCUT2D eigenvalue weighted by molar-refractivity contribution is -0.145. The number of carboxylic acid groups (broad SMARTS) is 1. The van der Waals surface area contributed by atoms with Crippen LogP contribution in [0.3, 0.4) is 0 Å². The highest BCUT2D eigenvalue weighted by atomic mass is 16.4. The summed E-state index contributed by atoms with van der Waals surface area (Å²) in [5.41, 5.74) is 1.40. The highest BCUT2D eigenvalue weighted by Gasteiger charge is 2.29. The van der Waals surface area contributed by atoms with Crippen LogP contribution in [0, 0.1) is 5.92 Å². The molecular formula is C22H24N2O4. The van der Waals surface area contributed by atoms with Crippen molar-refractivity contribution in [2.45, 2.75) is 25.3 Å². The number of aliphatic carboxylic acids is 1. The SMILES string of the molecule is O=C(NC(CC(=O)N1CCC(C(=O)O)CC1)c1ccccc1)c1ccccc1. The highest BCUT2D eigenvalue weighted by Crippen LogP contribution is 2.22. The maximum atomic E-state index is 12.8. The summed E-state index contributed by atoms with van der Waals surface area (Å²) in [5.74, 6) is -1.49. The van der Waals surface area contributed by atoms with Crippen molar-refractivity contribution >= 4 is 17.8 Å². The molecule has 1 aliphatic heterocycles. The maximum absolute atomic E-state index is 12.8.